The number of nitrogens with zero attached hydrogens (tertiary/aromatic N) is 2. The Balaban J connectivity index is 2.06. The predicted octanol–water partition coefficient (Wildman–Crippen LogP) is 1.43. The summed E-state index contributed by atoms with van der Waals surface area (Å²) in [6, 6.07) is -0.782. The standard InChI is InChI=1S/C20H29BrN2O5S/c1-5-7-22(11(3)4)18(26)16-20-10-12(21)15(29-20)13(19(27)28-6-2)14(20)17(25)23(16)8-9-24/h5,11-16,24H,1,6-10H2,2-4H3/t12?,13-,14-,15-,16?,20?/m0/s1. The number of carbonyl (C=O) groups is 3. The van der Waals surface area contributed by atoms with Gasteiger partial charge in [0, 0.05) is 29.2 Å². The molecular formula is C20H29BrN2O5S. The maximum Gasteiger partial charge on any atom is 0.310 e. The van der Waals surface area contributed by atoms with Crippen molar-refractivity contribution in [2.75, 3.05) is 26.3 Å². The highest BCUT2D eigenvalue weighted by Crippen LogP contribution is 2.68. The van der Waals surface area contributed by atoms with Gasteiger partial charge in [0.15, 0.2) is 0 Å². The second kappa shape index (κ2) is 8.59. The SMILES string of the molecule is C=CCN(C(=O)C1N(CCO)C(=O)[C@@H]2[C@H](C(=O)OCC)[C@H]3SC12CC3Br)C(C)C. The first-order valence-electron chi connectivity index (χ1n) is 10.1. The number of likely N-dealkylation sites (tertiary alicyclic amines) is 1. The third kappa shape index (κ3) is 3.43. The molecule has 0 aromatic rings. The molecule has 2 amide bonds. The molecule has 162 valence electrons. The smallest absolute Gasteiger partial charge is 0.310 e. The van der Waals surface area contributed by atoms with E-state index in [2.05, 4.69) is 22.5 Å². The van der Waals surface area contributed by atoms with Crippen LogP contribution in [0.4, 0.5) is 0 Å². The van der Waals surface area contributed by atoms with E-state index in [0.29, 0.717) is 13.0 Å². The van der Waals surface area contributed by atoms with Crippen molar-refractivity contribution in [3.05, 3.63) is 12.7 Å². The highest BCUT2D eigenvalue weighted by molar-refractivity contribution is 9.09. The minimum Gasteiger partial charge on any atom is -0.466 e. The van der Waals surface area contributed by atoms with E-state index >= 15 is 0 Å². The second-order valence-corrected chi connectivity index (χ2v) is 10.8. The minimum atomic E-state index is -0.719. The first-order chi connectivity index (χ1) is 13.7. The molecule has 3 unspecified atom stereocenters. The Hall–Kier alpha value is -1.06. The van der Waals surface area contributed by atoms with Gasteiger partial charge in [0.2, 0.25) is 11.8 Å². The van der Waals surface area contributed by atoms with Crippen LogP contribution in [0.1, 0.15) is 27.2 Å². The number of alkyl halides is 1. The van der Waals surface area contributed by atoms with E-state index in [4.69, 9.17) is 4.74 Å². The molecule has 3 aliphatic heterocycles. The second-order valence-electron chi connectivity index (χ2n) is 8.04. The predicted molar refractivity (Wildman–Crippen MR) is 115 cm³/mol. The van der Waals surface area contributed by atoms with Crippen LogP contribution in [-0.4, -0.2) is 85.9 Å². The lowest BCUT2D eigenvalue weighted by atomic mass is 9.71. The van der Waals surface area contributed by atoms with Gasteiger partial charge in [-0.3, -0.25) is 14.4 Å². The van der Waals surface area contributed by atoms with Crippen molar-refractivity contribution in [3.63, 3.8) is 0 Å². The molecule has 6 atom stereocenters. The Bertz CT molecular complexity index is 704. The van der Waals surface area contributed by atoms with Gasteiger partial charge in [0.05, 0.1) is 29.8 Å². The van der Waals surface area contributed by atoms with Crippen molar-refractivity contribution in [1.29, 1.82) is 0 Å². The summed E-state index contributed by atoms with van der Waals surface area (Å²) in [4.78, 5) is 43.1. The molecule has 3 saturated heterocycles. The Labute approximate surface area is 184 Å². The third-order valence-electron chi connectivity index (χ3n) is 6.15. The fourth-order valence-corrected chi connectivity index (χ4v) is 8.71. The van der Waals surface area contributed by atoms with Crippen LogP contribution in [0.3, 0.4) is 0 Å². The van der Waals surface area contributed by atoms with Crippen LogP contribution in [0.15, 0.2) is 12.7 Å². The normalized spacial score (nSPS) is 35.2. The van der Waals surface area contributed by atoms with Gasteiger partial charge in [-0.2, -0.15) is 0 Å². The summed E-state index contributed by atoms with van der Waals surface area (Å²) in [6.45, 7) is 9.81. The molecule has 0 radical (unpaired) electrons. The molecule has 2 bridgehead atoms. The molecule has 3 aliphatic rings. The van der Waals surface area contributed by atoms with Gasteiger partial charge in [-0.25, -0.2) is 0 Å². The van der Waals surface area contributed by atoms with Crippen molar-refractivity contribution < 1.29 is 24.2 Å². The maximum atomic E-state index is 13.7. The lowest BCUT2D eigenvalue weighted by Crippen LogP contribution is -2.57. The van der Waals surface area contributed by atoms with E-state index in [0.717, 1.165) is 0 Å². The zero-order valence-corrected chi connectivity index (χ0v) is 19.4. The number of halogens is 1. The topological polar surface area (TPSA) is 87.2 Å². The maximum absolute atomic E-state index is 13.7. The number of hydrogen-bond donors (Lipinski definition) is 1. The fraction of sp³-hybridized carbons (Fsp3) is 0.750. The number of β-amino-alcohol motifs (C(OH)–C–C–N with tert-alkyl or cyclic N) is 1. The van der Waals surface area contributed by atoms with Crippen molar-refractivity contribution in [3.8, 4) is 0 Å². The lowest BCUT2D eigenvalue weighted by molar-refractivity contribution is -0.153. The van der Waals surface area contributed by atoms with Crippen LogP contribution in [0.5, 0.6) is 0 Å². The third-order valence-corrected chi connectivity index (χ3v) is 9.37. The number of carbonyl (C=O) groups excluding carboxylic acids is 3. The molecule has 3 fully saturated rings. The molecule has 9 heteroatoms. The Morgan fingerprint density at radius 1 is 1.52 bits per heavy atom. The van der Waals surface area contributed by atoms with E-state index in [-0.39, 0.29) is 53.7 Å². The quantitative estimate of drug-likeness (QED) is 0.316. The molecule has 29 heavy (non-hydrogen) atoms. The number of aliphatic hydroxyl groups is 1. The molecule has 0 saturated carbocycles. The van der Waals surface area contributed by atoms with Crippen LogP contribution in [-0.2, 0) is 19.1 Å². The Morgan fingerprint density at radius 3 is 2.76 bits per heavy atom. The average molecular weight is 489 g/mol. The summed E-state index contributed by atoms with van der Waals surface area (Å²) in [5.74, 6) is -1.95. The molecule has 7 nitrogen and oxygen atoms in total. The molecular weight excluding hydrogens is 460 g/mol. The summed E-state index contributed by atoms with van der Waals surface area (Å²) in [6.07, 6.45) is 2.29. The molecule has 1 spiro atoms. The monoisotopic (exact) mass is 488 g/mol. The van der Waals surface area contributed by atoms with Gasteiger partial charge < -0.3 is 19.6 Å². The summed E-state index contributed by atoms with van der Waals surface area (Å²) in [5.41, 5.74) is 0. The minimum absolute atomic E-state index is 0.0160. The fourth-order valence-electron chi connectivity index (χ4n) is 5.12. The highest BCUT2D eigenvalue weighted by atomic mass is 79.9. The molecule has 0 aliphatic carbocycles. The van der Waals surface area contributed by atoms with Gasteiger partial charge in [0.1, 0.15) is 6.04 Å². The summed E-state index contributed by atoms with van der Waals surface area (Å²) in [5, 5.41) is 9.48. The number of ether oxygens (including phenoxy) is 1. The zero-order valence-electron chi connectivity index (χ0n) is 17.0. The summed E-state index contributed by atoms with van der Waals surface area (Å²) in [7, 11) is 0. The number of amides is 2. The van der Waals surface area contributed by atoms with E-state index < -0.39 is 22.6 Å². The van der Waals surface area contributed by atoms with E-state index in [1.165, 1.54) is 4.90 Å². The van der Waals surface area contributed by atoms with E-state index in [9.17, 15) is 19.5 Å². The number of hydrogen-bond acceptors (Lipinski definition) is 6. The Kier molecular flexibility index (Phi) is 6.70. The van der Waals surface area contributed by atoms with Gasteiger partial charge in [-0.05, 0) is 27.2 Å². The van der Waals surface area contributed by atoms with Gasteiger partial charge in [0.25, 0.3) is 0 Å². The van der Waals surface area contributed by atoms with Gasteiger partial charge in [-0.15, -0.1) is 18.3 Å². The van der Waals surface area contributed by atoms with Crippen molar-refractivity contribution >= 4 is 45.5 Å². The number of thioether (sulfide) groups is 1. The van der Waals surface area contributed by atoms with Crippen LogP contribution in [0.2, 0.25) is 0 Å². The van der Waals surface area contributed by atoms with Crippen LogP contribution < -0.4 is 0 Å². The largest absolute Gasteiger partial charge is 0.466 e. The van der Waals surface area contributed by atoms with Crippen molar-refractivity contribution in [1.82, 2.24) is 9.80 Å². The molecule has 0 aromatic heterocycles. The first-order valence-corrected chi connectivity index (χ1v) is 11.9. The van der Waals surface area contributed by atoms with Crippen LogP contribution >= 0.6 is 27.7 Å². The van der Waals surface area contributed by atoms with E-state index in [1.54, 1.807) is 29.7 Å². The number of esters is 1. The van der Waals surface area contributed by atoms with Gasteiger partial charge in [-0.1, -0.05) is 22.0 Å². The number of aliphatic hydroxyl groups excluding tert-OH is 1. The zero-order chi connectivity index (χ0) is 21.5. The first kappa shape index (κ1) is 22.6. The highest BCUT2D eigenvalue weighted by Gasteiger charge is 2.76. The van der Waals surface area contributed by atoms with Gasteiger partial charge >= 0.3 is 5.97 Å². The summed E-state index contributed by atoms with van der Waals surface area (Å²) >= 11 is 5.26. The molecule has 3 heterocycles. The van der Waals surface area contributed by atoms with E-state index in [1.807, 2.05) is 13.8 Å². The van der Waals surface area contributed by atoms with Crippen molar-refractivity contribution in [2.24, 2.45) is 11.8 Å². The number of rotatable bonds is 8. The lowest BCUT2D eigenvalue weighted by Gasteiger charge is -2.38. The van der Waals surface area contributed by atoms with Crippen LogP contribution in [0.25, 0.3) is 0 Å². The molecule has 1 N–H and O–H groups in total. The number of fused-ring (bicyclic) bond motifs is 1. The molecule has 0 aromatic carbocycles. The Morgan fingerprint density at radius 2 is 2.21 bits per heavy atom. The average Bonchev–Trinajstić information content (AvgIpc) is 3.24. The van der Waals surface area contributed by atoms with Crippen LogP contribution in [0, 0.1) is 11.8 Å². The molecule has 3 rings (SSSR count). The van der Waals surface area contributed by atoms with Crippen molar-refractivity contribution in [2.45, 2.75) is 54.1 Å². The summed E-state index contributed by atoms with van der Waals surface area (Å²) < 4.78 is 4.59.